The van der Waals surface area contributed by atoms with Crippen LogP contribution in [0.1, 0.15) is 15.9 Å². The summed E-state index contributed by atoms with van der Waals surface area (Å²) >= 11 is 0. The molecule has 0 aliphatic heterocycles. The van der Waals surface area contributed by atoms with Crippen LogP contribution in [-0.4, -0.2) is 27.4 Å². The van der Waals surface area contributed by atoms with Crippen LogP contribution in [0.5, 0.6) is 0 Å². The second-order valence-corrected chi connectivity index (χ2v) is 7.17. The zero-order valence-corrected chi connectivity index (χ0v) is 16.3. The van der Waals surface area contributed by atoms with Crippen molar-refractivity contribution >= 4 is 27.7 Å². The summed E-state index contributed by atoms with van der Waals surface area (Å²) in [6.07, 6.45) is 6.23. The zero-order chi connectivity index (χ0) is 20.3. The van der Waals surface area contributed by atoms with Gasteiger partial charge in [-0.1, -0.05) is 36.4 Å². The van der Waals surface area contributed by atoms with E-state index >= 15 is 0 Å². The number of aromatic amines is 1. The topological polar surface area (TPSA) is 70.7 Å². The van der Waals surface area contributed by atoms with E-state index in [1.165, 1.54) is 10.9 Å². The van der Waals surface area contributed by atoms with E-state index in [0.29, 0.717) is 12.1 Å². The molecule has 0 spiro atoms. The minimum absolute atomic E-state index is 0.0938. The van der Waals surface area contributed by atoms with Crippen molar-refractivity contribution in [1.29, 1.82) is 0 Å². The van der Waals surface area contributed by atoms with Crippen LogP contribution >= 0.6 is 0 Å². The van der Waals surface area contributed by atoms with Crippen LogP contribution in [0.4, 0.5) is 0 Å². The summed E-state index contributed by atoms with van der Waals surface area (Å²) in [7, 11) is 0. The molecule has 0 radical (unpaired) electrons. The Morgan fingerprint density at radius 1 is 0.933 bits per heavy atom. The molecule has 0 saturated heterocycles. The van der Waals surface area contributed by atoms with Gasteiger partial charge in [0.05, 0.1) is 16.8 Å². The third-order valence-electron chi connectivity index (χ3n) is 5.29. The number of para-hydroxylation sites is 2. The van der Waals surface area contributed by atoms with Crippen LogP contribution in [-0.2, 0) is 6.42 Å². The molecule has 30 heavy (non-hydrogen) atoms. The summed E-state index contributed by atoms with van der Waals surface area (Å²) in [6.45, 7) is 0.557. The Kier molecular flexibility index (Phi) is 4.69. The molecule has 2 aromatic carbocycles. The molecule has 5 nitrogen and oxygen atoms in total. The highest BCUT2D eigenvalue weighted by Crippen LogP contribution is 2.24. The third-order valence-corrected chi connectivity index (χ3v) is 5.29. The number of pyridine rings is 2. The van der Waals surface area contributed by atoms with Gasteiger partial charge < -0.3 is 10.3 Å². The van der Waals surface area contributed by atoms with Gasteiger partial charge in [-0.3, -0.25) is 9.78 Å². The number of rotatable bonds is 5. The maximum atomic E-state index is 13.1. The van der Waals surface area contributed by atoms with Crippen molar-refractivity contribution in [3.8, 4) is 11.3 Å². The monoisotopic (exact) mass is 392 g/mol. The number of nitrogens with zero attached hydrogens (tertiary/aromatic N) is 2. The normalized spacial score (nSPS) is 11.1. The highest BCUT2D eigenvalue weighted by molar-refractivity contribution is 6.07. The Morgan fingerprint density at radius 2 is 1.70 bits per heavy atom. The lowest BCUT2D eigenvalue weighted by Gasteiger charge is -2.10. The minimum atomic E-state index is -0.0938. The lowest BCUT2D eigenvalue weighted by atomic mass is 10.0. The molecule has 1 amide bonds. The fourth-order valence-electron chi connectivity index (χ4n) is 3.78. The van der Waals surface area contributed by atoms with Crippen molar-refractivity contribution in [3.05, 3.63) is 96.4 Å². The molecule has 0 saturated carbocycles. The standard InChI is InChI=1S/C25H20N4O/c30-25(27-14-11-18-16-28-22-7-3-1-5-19(18)22)21-15-24(17-9-12-26-13-10-17)29-23-8-4-2-6-20(21)23/h1-10,12-13,15-16,28H,11,14H2,(H,27,30). The number of carbonyl (C=O) groups is 1. The molecule has 146 valence electrons. The fourth-order valence-corrected chi connectivity index (χ4v) is 3.78. The van der Waals surface area contributed by atoms with Gasteiger partial charge in [-0.05, 0) is 42.3 Å². The van der Waals surface area contributed by atoms with Crippen molar-refractivity contribution in [1.82, 2.24) is 20.3 Å². The molecule has 0 bridgehead atoms. The maximum absolute atomic E-state index is 13.1. The quantitative estimate of drug-likeness (QED) is 0.453. The highest BCUT2D eigenvalue weighted by Gasteiger charge is 2.14. The van der Waals surface area contributed by atoms with Crippen molar-refractivity contribution in [3.63, 3.8) is 0 Å². The first-order chi connectivity index (χ1) is 14.8. The Balaban J connectivity index is 1.41. The predicted molar refractivity (Wildman–Crippen MR) is 119 cm³/mol. The van der Waals surface area contributed by atoms with Gasteiger partial charge in [0.2, 0.25) is 0 Å². The molecular formula is C25H20N4O. The van der Waals surface area contributed by atoms with Crippen LogP contribution < -0.4 is 5.32 Å². The number of hydrogen-bond acceptors (Lipinski definition) is 3. The van der Waals surface area contributed by atoms with E-state index in [4.69, 9.17) is 4.98 Å². The summed E-state index contributed by atoms with van der Waals surface area (Å²) in [5.41, 5.74) is 5.44. The predicted octanol–water partition coefficient (Wildman–Crippen LogP) is 4.75. The van der Waals surface area contributed by atoms with Crippen LogP contribution in [0.25, 0.3) is 33.1 Å². The van der Waals surface area contributed by atoms with E-state index < -0.39 is 0 Å². The molecule has 5 rings (SSSR count). The van der Waals surface area contributed by atoms with E-state index in [1.54, 1.807) is 12.4 Å². The van der Waals surface area contributed by atoms with Crippen molar-refractivity contribution in [2.45, 2.75) is 6.42 Å². The average molecular weight is 392 g/mol. The third kappa shape index (κ3) is 3.42. The molecule has 0 unspecified atom stereocenters. The van der Waals surface area contributed by atoms with E-state index in [9.17, 15) is 4.79 Å². The average Bonchev–Trinajstić information content (AvgIpc) is 3.22. The van der Waals surface area contributed by atoms with Gasteiger partial charge in [0.25, 0.3) is 5.91 Å². The van der Waals surface area contributed by atoms with E-state index in [2.05, 4.69) is 27.4 Å². The highest BCUT2D eigenvalue weighted by atomic mass is 16.1. The largest absolute Gasteiger partial charge is 0.361 e. The van der Waals surface area contributed by atoms with Crippen molar-refractivity contribution in [2.24, 2.45) is 0 Å². The van der Waals surface area contributed by atoms with E-state index in [-0.39, 0.29) is 5.91 Å². The maximum Gasteiger partial charge on any atom is 0.252 e. The minimum Gasteiger partial charge on any atom is -0.361 e. The zero-order valence-electron chi connectivity index (χ0n) is 16.3. The summed E-state index contributed by atoms with van der Waals surface area (Å²) in [6, 6.07) is 21.6. The number of H-pyrrole nitrogens is 1. The number of amides is 1. The molecule has 0 atom stereocenters. The van der Waals surface area contributed by atoms with Crippen LogP contribution in [0.15, 0.2) is 85.3 Å². The summed E-state index contributed by atoms with van der Waals surface area (Å²) in [5, 5.41) is 5.12. The second kappa shape index (κ2) is 7.79. The Morgan fingerprint density at radius 3 is 2.57 bits per heavy atom. The van der Waals surface area contributed by atoms with Crippen molar-refractivity contribution < 1.29 is 4.79 Å². The van der Waals surface area contributed by atoms with Gasteiger partial charge in [0, 0.05) is 47.0 Å². The van der Waals surface area contributed by atoms with Crippen LogP contribution in [0, 0.1) is 0 Å². The van der Waals surface area contributed by atoms with Crippen LogP contribution in [0.3, 0.4) is 0 Å². The summed E-state index contributed by atoms with van der Waals surface area (Å²) in [4.78, 5) is 25.2. The first-order valence-corrected chi connectivity index (χ1v) is 9.93. The fraction of sp³-hybridized carbons (Fsp3) is 0.0800. The van der Waals surface area contributed by atoms with Gasteiger partial charge in [-0.25, -0.2) is 4.98 Å². The molecule has 5 heteroatoms. The SMILES string of the molecule is O=C(NCCc1c[nH]c2ccccc12)c1cc(-c2ccncc2)nc2ccccc12. The molecular weight excluding hydrogens is 372 g/mol. The molecule has 3 aromatic heterocycles. The number of nitrogens with one attached hydrogen (secondary N) is 2. The Labute approximate surface area is 173 Å². The molecule has 5 aromatic rings. The Hall–Kier alpha value is -3.99. The summed E-state index contributed by atoms with van der Waals surface area (Å²) < 4.78 is 0. The molecule has 0 aliphatic rings. The Bertz CT molecular complexity index is 1340. The van der Waals surface area contributed by atoms with Gasteiger partial charge in [0.15, 0.2) is 0 Å². The lowest BCUT2D eigenvalue weighted by Crippen LogP contribution is -2.26. The molecule has 3 heterocycles. The number of carbonyl (C=O) groups excluding carboxylic acids is 1. The van der Waals surface area contributed by atoms with Crippen molar-refractivity contribution in [2.75, 3.05) is 6.54 Å². The van der Waals surface area contributed by atoms with Crippen LogP contribution in [0.2, 0.25) is 0 Å². The van der Waals surface area contributed by atoms with Gasteiger partial charge in [-0.15, -0.1) is 0 Å². The van der Waals surface area contributed by atoms with Gasteiger partial charge in [-0.2, -0.15) is 0 Å². The number of fused-ring (bicyclic) bond motifs is 2. The molecule has 2 N–H and O–H groups in total. The number of aromatic nitrogens is 3. The second-order valence-electron chi connectivity index (χ2n) is 7.17. The summed E-state index contributed by atoms with van der Waals surface area (Å²) in [5.74, 6) is -0.0938. The number of hydrogen-bond donors (Lipinski definition) is 2. The van der Waals surface area contributed by atoms with E-state index in [0.717, 1.165) is 34.1 Å². The molecule has 0 aliphatic carbocycles. The smallest absolute Gasteiger partial charge is 0.252 e. The molecule has 0 fully saturated rings. The lowest BCUT2D eigenvalue weighted by molar-refractivity contribution is 0.0956. The van der Waals surface area contributed by atoms with Gasteiger partial charge in [0.1, 0.15) is 0 Å². The first-order valence-electron chi connectivity index (χ1n) is 9.93. The van der Waals surface area contributed by atoms with E-state index in [1.807, 2.05) is 60.8 Å². The number of benzene rings is 2. The first kappa shape index (κ1) is 18.1. The van der Waals surface area contributed by atoms with Gasteiger partial charge >= 0.3 is 0 Å².